The van der Waals surface area contributed by atoms with Crippen molar-refractivity contribution in [3.8, 4) is 0 Å². The second kappa shape index (κ2) is 5.05. The minimum Gasteiger partial charge on any atom is -0.546 e. The summed E-state index contributed by atoms with van der Waals surface area (Å²) in [5.41, 5.74) is 0. The van der Waals surface area contributed by atoms with Crippen LogP contribution in [0.5, 0.6) is 0 Å². The maximum atomic E-state index is 6.27. The van der Waals surface area contributed by atoms with Crippen LogP contribution in [0.4, 0.5) is 0 Å². The van der Waals surface area contributed by atoms with Crippen molar-refractivity contribution in [2.45, 2.75) is 71.6 Å². The van der Waals surface area contributed by atoms with Crippen LogP contribution in [-0.4, -0.2) is 25.8 Å². The lowest BCUT2D eigenvalue weighted by Gasteiger charge is -2.37. The molecule has 1 rings (SSSR count). The molecule has 0 aromatic carbocycles. The molecule has 17 heavy (non-hydrogen) atoms. The first-order valence-electron chi connectivity index (χ1n) is 6.77. The number of allylic oxidation sites excluding steroid dienone is 1. The van der Waals surface area contributed by atoms with Gasteiger partial charge in [-0.2, -0.15) is 0 Å². The molecule has 1 aliphatic rings. The lowest BCUT2D eigenvalue weighted by atomic mass is 10.2. The molecular formula is C14H29NOSi. The van der Waals surface area contributed by atoms with Gasteiger partial charge in [-0.15, -0.1) is 0 Å². The van der Waals surface area contributed by atoms with Crippen LogP contribution in [0.2, 0.25) is 18.1 Å². The topological polar surface area (TPSA) is 12.5 Å². The summed E-state index contributed by atoms with van der Waals surface area (Å²) in [7, 11) is -1.66. The highest BCUT2D eigenvalue weighted by Crippen LogP contribution is 2.37. The Kier molecular flexibility index (Phi) is 4.34. The number of hydrogen-bond acceptors (Lipinski definition) is 2. The molecule has 0 amide bonds. The fourth-order valence-electron chi connectivity index (χ4n) is 1.96. The van der Waals surface area contributed by atoms with E-state index in [1.807, 2.05) is 0 Å². The Labute approximate surface area is 108 Å². The zero-order valence-corrected chi connectivity index (χ0v) is 13.6. The molecule has 1 saturated heterocycles. The van der Waals surface area contributed by atoms with Crippen molar-refractivity contribution in [3.63, 3.8) is 0 Å². The lowest BCUT2D eigenvalue weighted by Crippen LogP contribution is -2.40. The average molecular weight is 255 g/mol. The van der Waals surface area contributed by atoms with Crippen LogP contribution in [-0.2, 0) is 4.43 Å². The van der Waals surface area contributed by atoms with Gasteiger partial charge < -0.3 is 9.33 Å². The van der Waals surface area contributed by atoms with E-state index in [4.69, 9.17) is 4.43 Å². The van der Waals surface area contributed by atoms with Crippen LogP contribution >= 0.6 is 0 Å². The van der Waals surface area contributed by atoms with Crippen LogP contribution in [0.15, 0.2) is 12.0 Å². The quantitative estimate of drug-likeness (QED) is 0.549. The Bertz CT molecular complexity index is 291. The predicted molar refractivity (Wildman–Crippen MR) is 77.4 cm³/mol. The van der Waals surface area contributed by atoms with E-state index >= 15 is 0 Å². The van der Waals surface area contributed by atoms with Gasteiger partial charge in [-0.1, -0.05) is 20.8 Å². The molecule has 1 fully saturated rings. The SMILES string of the molecule is C/C(=C/N1CCC[C@H]1C)O[Si](C)(C)C(C)(C)C. The minimum atomic E-state index is -1.66. The standard InChI is InChI=1S/C14H29NOSi/c1-12-9-8-10-15(12)11-13(2)16-17(6,7)14(3,4)5/h11-12H,8-10H2,1-7H3/b13-11-/t12-/m1/s1. The lowest BCUT2D eigenvalue weighted by molar-refractivity contribution is 0.328. The summed E-state index contributed by atoms with van der Waals surface area (Å²) in [5, 5.41) is 0.277. The van der Waals surface area contributed by atoms with Crippen molar-refractivity contribution in [1.29, 1.82) is 0 Å². The molecule has 3 heteroatoms. The molecule has 0 saturated carbocycles. The van der Waals surface area contributed by atoms with Crippen LogP contribution in [0.1, 0.15) is 47.5 Å². The summed E-state index contributed by atoms with van der Waals surface area (Å²) in [6, 6.07) is 0.674. The number of likely N-dealkylation sites (tertiary alicyclic amines) is 1. The highest BCUT2D eigenvalue weighted by molar-refractivity contribution is 6.74. The van der Waals surface area contributed by atoms with E-state index in [1.54, 1.807) is 0 Å². The van der Waals surface area contributed by atoms with E-state index in [0.29, 0.717) is 6.04 Å². The minimum absolute atomic E-state index is 0.277. The Balaban J connectivity index is 2.65. The van der Waals surface area contributed by atoms with Gasteiger partial charge in [0.15, 0.2) is 0 Å². The average Bonchev–Trinajstić information content (AvgIpc) is 2.48. The molecule has 0 N–H and O–H groups in total. The maximum absolute atomic E-state index is 6.27. The Hall–Kier alpha value is -0.443. The van der Waals surface area contributed by atoms with Crippen LogP contribution < -0.4 is 0 Å². The van der Waals surface area contributed by atoms with E-state index in [2.05, 4.69) is 58.8 Å². The van der Waals surface area contributed by atoms with Gasteiger partial charge in [-0.05, 0) is 44.8 Å². The van der Waals surface area contributed by atoms with E-state index in [1.165, 1.54) is 19.4 Å². The number of hydrogen-bond donors (Lipinski definition) is 0. The molecule has 0 aliphatic carbocycles. The third-order valence-electron chi connectivity index (χ3n) is 4.17. The molecule has 2 nitrogen and oxygen atoms in total. The summed E-state index contributed by atoms with van der Waals surface area (Å²) >= 11 is 0. The summed E-state index contributed by atoms with van der Waals surface area (Å²) in [6.07, 6.45) is 4.84. The zero-order valence-electron chi connectivity index (χ0n) is 12.6. The Morgan fingerprint density at radius 3 is 2.35 bits per heavy atom. The van der Waals surface area contributed by atoms with E-state index < -0.39 is 8.32 Å². The zero-order chi connectivity index (χ0) is 13.3. The first-order chi connectivity index (χ1) is 7.63. The molecule has 1 atom stereocenters. The van der Waals surface area contributed by atoms with Crippen LogP contribution in [0, 0.1) is 0 Å². The van der Waals surface area contributed by atoms with Crippen molar-refractivity contribution in [2.75, 3.05) is 6.54 Å². The first-order valence-corrected chi connectivity index (χ1v) is 9.67. The van der Waals surface area contributed by atoms with Crippen molar-refractivity contribution < 1.29 is 4.43 Å². The van der Waals surface area contributed by atoms with E-state index in [9.17, 15) is 0 Å². The Morgan fingerprint density at radius 2 is 1.94 bits per heavy atom. The molecule has 100 valence electrons. The van der Waals surface area contributed by atoms with E-state index in [-0.39, 0.29) is 5.04 Å². The molecule has 1 aliphatic heterocycles. The normalized spacial score (nSPS) is 23.1. The fraction of sp³-hybridized carbons (Fsp3) is 0.857. The molecule has 0 radical (unpaired) electrons. The third kappa shape index (κ3) is 3.77. The van der Waals surface area contributed by atoms with Crippen LogP contribution in [0.25, 0.3) is 0 Å². The summed E-state index contributed by atoms with van der Waals surface area (Å²) in [6.45, 7) is 17.0. The van der Waals surface area contributed by atoms with Gasteiger partial charge >= 0.3 is 0 Å². The van der Waals surface area contributed by atoms with Gasteiger partial charge in [0.25, 0.3) is 0 Å². The number of rotatable bonds is 3. The monoisotopic (exact) mass is 255 g/mol. The smallest absolute Gasteiger partial charge is 0.250 e. The summed E-state index contributed by atoms with van der Waals surface area (Å²) in [4.78, 5) is 2.42. The third-order valence-corrected chi connectivity index (χ3v) is 8.62. The van der Waals surface area contributed by atoms with Gasteiger partial charge in [0.05, 0.1) is 5.76 Å². The second-order valence-corrected chi connectivity index (χ2v) is 11.6. The largest absolute Gasteiger partial charge is 0.546 e. The van der Waals surface area contributed by atoms with Crippen LogP contribution in [0.3, 0.4) is 0 Å². The molecular weight excluding hydrogens is 226 g/mol. The predicted octanol–water partition coefficient (Wildman–Crippen LogP) is 4.35. The van der Waals surface area contributed by atoms with Gasteiger partial charge in [0.2, 0.25) is 8.32 Å². The second-order valence-electron chi connectivity index (χ2n) is 6.83. The van der Waals surface area contributed by atoms with Crippen molar-refractivity contribution in [2.24, 2.45) is 0 Å². The van der Waals surface area contributed by atoms with Crippen molar-refractivity contribution >= 4 is 8.32 Å². The first kappa shape index (κ1) is 14.6. The molecule has 0 unspecified atom stereocenters. The Morgan fingerprint density at radius 1 is 1.35 bits per heavy atom. The fourth-order valence-corrected chi connectivity index (χ4v) is 3.13. The van der Waals surface area contributed by atoms with E-state index in [0.717, 1.165) is 5.76 Å². The van der Waals surface area contributed by atoms with Crippen molar-refractivity contribution in [1.82, 2.24) is 4.90 Å². The van der Waals surface area contributed by atoms with Gasteiger partial charge in [0.1, 0.15) is 0 Å². The molecule has 1 heterocycles. The highest BCUT2D eigenvalue weighted by atomic mass is 28.4. The van der Waals surface area contributed by atoms with Gasteiger partial charge in [-0.3, -0.25) is 0 Å². The molecule has 0 spiro atoms. The van der Waals surface area contributed by atoms with Gasteiger partial charge in [0, 0.05) is 18.8 Å². The van der Waals surface area contributed by atoms with Crippen molar-refractivity contribution in [3.05, 3.63) is 12.0 Å². The summed E-state index contributed by atoms with van der Waals surface area (Å²) in [5.74, 6) is 1.09. The molecule has 0 aromatic heterocycles. The molecule has 0 bridgehead atoms. The van der Waals surface area contributed by atoms with Gasteiger partial charge in [-0.25, -0.2) is 0 Å². The highest BCUT2D eigenvalue weighted by Gasteiger charge is 2.39. The maximum Gasteiger partial charge on any atom is 0.250 e. The summed E-state index contributed by atoms with van der Waals surface area (Å²) < 4.78 is 6.27. The molecule has 0 aromatic rings. The number of nitrogens with zero attached hydrogens (tertiary/aromatic N) is 1.